The molecule has 1 aromatic rings. The van der Waals surface area contributed by atoms with Crippen molar-refractivity contribution in [1.29, 1.82) is 0 Å². The lowest BCUT2D eigenvalue weighted by Crippen LogP contribution is -2.39. The summed E-state index contributed by atoms with van der Waals surface area (Å²) < 4.78 is 10.6. The van der Waals surface area contributed by atoms with Gasteiger partial charge in [0.2, 0.25) is 0 Å². The van der Waals surface area contributed by atoms with Crippen LogP contribution in [-0.4, -0.2) is 31.5 Å². The molecule has 0 unspecified atom stereocenters. The maximum Gasteiger partial charge on any atom is 0.166 e. The third-order valence-corrected chi connectivity index (χ3v) is 3.42. The van der Waals surface area contributed by atoms with Crippen LogP contribution in [0.5, 0.6) is 5.75 Å². The maximum atomic E-state index is 5.53. The average molecular weight is 280 g/mol. The molecule has 0 radical (unpaired) electrons. The summed E-state index contributed by atoms with van der Waals surface area (Å²) in [5.74, 6) is 0.864. The molecule has 19 heavy (non-hydrogen) atoms. The number of methoxy groups -OCH3 is 1. The number of hydrogen-bond acceptors (Lipinski definition) is 3. The summed E-state index contributed by atoms with van der Waals surface area (Å²) in [6, 6.07) is 7.93. The van der Waals surface area contributed by atoms with Crippen LogP contribution in [0.2, 0.25) is 0 Å². The van der Waals surface area contributed by atoms with Crippen molar-refractivity contribution in [3.63, 3.8) is 0 Å². The molecule has 0 bridgehead atoms. The van der Waals surface area contributed by atoms with Crippen LogP contribution >= 0.6 is 12.2 Å². The lowest BCUT2D eigenvalue weighted by Gasteiger charge is -2.14. The van der Waals surface area contributed by atoms with Crippen LogP contribution in [0.15, 0.2) is 24.3 Å². The minimum absolute atomic E-state index is 0.306. The molecule has 1 atom stereocenters. The molecule has 0 aliphatic carbocycles. The first-order valence-electron chi connectivity index (χ1n) is 6.54. The van der Waals surface area contributed by atoms with Crippen LogP contribution in [0.3, 0.4) is 0 Å². The number of nitrogens with one attached hydrogen (secondary N) is 2. The van der Waals surface area contributed by atoms with E-state index in [9.17, 15) is 0 Å². The summed E-state index contributed by atoms with van der Waals surface area (Å²) in [6.45, 7) is 2.37. The molecule has 1 aliphatic rings. The molecule has 0 spiro atoms. The predicted molar refractivity (Wildman–Crippen MR) is 79.4 cm³/mol. The van der Waals surface area contributed by atoms with Gasteiger partial charge in [-0.3, -0.25) is 0 Å². The highest BCUT2D eigenvalue weighted by molar-refractivity contribution is 7.80. The Hall–Kier alpha value is -1.33. The van der Waals surface area contributed by atoms with Gasteiger partial charge in [-0.1, -0.05) is 12.1 Å². The fraction of sp³-hybridized carbons (Fsp3) is 0.500. The Kier molecular flexibility index (Phi) is 5.42. The molecular formula is C14H20N2O2S. The Morgan fingerprint density at radius 3 is 2.79 bits per heavy atom. The van der Waals surface area contributed by atoms with Crippen molar-refractivity contribution in [1.82, 2.24) is 10.6 Å². The summed E-state index contributed by atoms with van der Waals surface area (Å²) in [6.07, 6.45) is 2.58. The molecule has 104 valence electrons. The molecule has 1 fully saturated rings. The molecule has 0 amide bonds. The number of ether oxygens (including phenoxy) is 2. The second-order valence-electron chi connectivity index (χ2n) is 4.55. The van der Waals surface area contributed by atoms with Crippen molar-refractivity contribution in [2.75, 3.05) is 20.3 Å². The number of hydrogen-bond donors (Lipinski definition) is 2. The van der Waals surface area contributed by atoms with E-state index in [-0.39, 0.29) is 0 Å². The van der Waals surface area contributed by atoms with Gasteiger partial charge in [-0.05, 0) is 42.8 Å². The van der Waals surface area contributed by atoms with E-state index in [2.05, 4.69) is 10.6 Å². The van der Waals surface area contributed by atoms with E-state index in [1.54, 1.807) is 7.11 Å². The average Bonchev–Trinajstić information content (AvgIpc) is 2.96. The van der Waals surface area contributed by atoms with Crippen LogP contribution in [0, 0.1) is 0 Å². The van der Waals surface area contributed by atoms with Crippen LogP contribution in [0.25, 0.3) is 0 Å². The molecule has 5 heteroatoms. The Labute approximate surface area is 119 Å². The van der Waals surface area contributed by atoms with Crippen LogP contribution in [-0.2, 0) is 11.3 Å². The Morgan fingerprint density at radius 1 is 1.37 bits per heavy atom. The summed E-state index contributed by atoms with van der Waals surface area (Å²) in [7, 11) is 1.66. The van der Waals surface area contributed by atoms with E-state index < -0.39 is 0 Å². The minimum atomic E-state index is 0.306. The molecule has 2 rings (SSSR count). The van der Waals surface area contributed by atoms with E-state index in [0.29, 0.717) is 17.8 Å². The summed E-state index contributed by atoms with van der Waals surface area (Å²) >= 11 is 5.23. The van der Waals surface area contributed by atoms with Crippen molar-refractivity contribution < 1.29 is 9.47 Å². The molecule has 1 aromatic carbocycles. The third kappa shape index (κ3) is 4.69. The fourth-order valence-electron chi connectivity index (χ4n) is 2.00. The SMILES string of the molecule is COc1ccc(CNC(=S)NC[C@@H]2CCCO2)cc1. The van der Waals surface area contributed by atoms with Gasteiger partial charge in [0.05, 0.1) is 13.2 Å². The van der Waals surface area contributed by atoms with Gasteiger partial charge in [0.25, 0.3) is 0 Å². The first kappa shape index (κ1) is 14.1. The van der Waals surface area contributed by atoms with Crippen molar-refractivity contribution >= 4 is 17.3 Å². The second kappa shape index (κ2) is 7.31. The van der Waals surface area contributed by atoms with Crippen molar-refractivity contribution in [2.45, 2.75) is 25.5 Å². The second-order valence-corrected chi connectivity index (χ2v) is 4.95. The number of thiocarbonyl (C=S) groups is 1. The third-order valence-electron chi connectivity index (χ3n) is 3.13. The lowest BCUT2D eigenvalue weighted by molar-refractivity contribution is 0.114. The van der Waals surface area contributed by atoms with Gasteiger partial charge >= 0.3 is 0 Å². The highest BCUT2D eigenvalue weighted by atomic mass is 32.1. The molecule has 1 saturated heterocycles. The van der Waals surface area contributed by atoms with Gasteiger partial charge in [0.15, 0.2) is 5.11 Å². The summed E-state index contributed by atoms with van der Waals surface area (Å²) in [4.78, 5) is 0. The van der Waals surface area contributed by atoms with E-state index in [0.717, 1.165) is 31.7 Å². The standard InChI is InChI=1S/C14H20N2O2S/c1-17-12-6-4-11(5-7-12)9-15-14(19)16-10-13-3-2-8-18-13/h4-7,13H,2-3,8-10H2,1H3,(H2,15,16,19)/t13-/m0/s1. The predicted octanol–water partition coefficient (Wildman–Crippen LogP) is 1.84. The first-order chi connectivity index (χ1) is 9.28. The first-order valence-corrected chi connectivity index (χ1v) is 6.95. The van der Waals surface area contributed by atoms with Crippen molar-refractivity contribution in [3.8, 4) is 5.75 Å². The highest BCUT2D eigenvalue weighted by Crippen LogP contribution is 2.11. The van der Waals surface area contributed by atoms with Gasteiger partial charge in [0, 0.05) is 19.7 Å². The zero-order valence-corrected chi connectivity index (χ0v) is 12.0. The molecule has 0 aromatic heterocycles. The lowest BCUT2D eigenvalue weighted by atomic mass is 10.2. The van der Waals surface area contributed by atoms with Gasteiger partial charge < -0.3 is 20.1 Å². The van der Waals surface area contributed by atoms with Crippen LogP contribution in [0.4, 0.5) is 0 Å². The maximum absolute atomic E-state index is 5.53. The Balaban J connectivity index is 1.67. The van der Waals surface area contributed by atoms with Gasteiger partial charge in [-0.25, -0.2) is 0 Å². The zero-order chi connectivity index (χ0) is 13.5. The smallest absolute Gasteiger partial charge is 0.166 e. The largest absolute Gasteiger partial charge is 0.497 e. The molecule has 1 aliphatic heterocycles. The molecule has 1 heterocycles. The van der Waals surface area contributed by atoms with Crippen LogP contribution < -0.4 is 15.4 Å². The molecular weight excluding hydrogens is 260 g/mol. The quantitative estimate of drug-likeness (QED) is 0.806. The number of rotatable bonds is 5. The van der Waals surface area contributed by atoms with Gasteiger partial charge in [-0.2, -0.15) is 0 Å². The zero-order valence-electron chi connectivity index (χ0n) is 11.1. The summed E-state index contributed by atoms with van der Waals surface area (Å²) in [5, 5.41) is 7.04. The van der Waals surface area contributed by atoms with Gasteiger partial charge in [-0.15, -0.1) is 0 Å². The van der Waals surface area contributed by atoms with E-state index in [1.165, 1.54) is 5.56 Å². The number of benzene rings is 1. The van der Waals surface area contributed by atoms with Crippen molar-refractivity contribution in [2.24, 2.45) is 0 Å². The minimum Gasteiger partial charge on any atom is -0.497 e. The topological polar surface area (TPSA) is 42.5 Å². The highest BCUT2D eigenvalue weighted by Gasteiger charge is 2.14. The van der Waals surface area contributed by atoms with Crippen LogP contribution in [0.1, 0.15) is 18.4 Å². The Bertz CT molecular complexity index is 402. The van der Waals surface area contributed by atoms with Crippen molar-refractivity contribution in [3.05, 3.63) is 29.8 Å². The van der Waals surface area contributed by atoms with E-state index in [1.807, 2.05) is 24.3 Å². The molecule has 4 nitrogen and oxygen atoms in total. The molecule has 2 N–H and O–H groups in total. The Morgan fingerprint density at radius 2 is 2.16 bits per heavy atom. The summed E-state index contributed by atoms with van der Waals surface area (Å²) in [5.41, 5.74) is 1.17. The normalized spacial score (nSPS) is 18.1. The van der Waals surface area contributed by atoms with Gasteiger partial charge in [0.1, 0.15) is 5.75 Å². The van der Waals surface area contributed by atoms with E-state index in [4.69, 9.17) is 21.7 Å². The molecule has 0 saturated carbocycles. The fourth-order valence-corrected chi connectivity index (χ4v) is 2.16. The monoisotopic (exact) mass is 280 g/mol. The van der Waals surface area contributed by atoms with E-state index >= 15 is 0 Å².